The van der Waals surface area contributed by atoms with Crippen LogP contribution in [0.2, 0.25) is 0 Å². The number of rotatable bonds is 5. The fraction of sp³-hybridized carbons (Fsp3) is 0.900. The van der Waals surface area contributed by atoms with E-state index in [1.165, 1.54) is 0 Å². The van der Waals surface area contributed by atoms with E-state index in [2.05, 4.69) is 9.80 Å². The van der Waals surface area contributed by atoms with Crippen LogP contribution in [0.4, 0.5) is 0 Å². The zero-order valence-corrected chi connectivity index (χ0v) is 9.89. The Bertz CT molecular complexity index is 260. The van der Waals surface area contributed by atoms with Crippen LogP contribution in [-0.2, 0) is 4.79 Å². The van der Waals surface area contributed by atoms with Crippen molar-refractivity contribution in [1.82, 2.24) is 9.80 Å². The lowest BCUT2D eigenvalue weighted by Gasteiger charge is -2.35. The van der Waals surface area contributed by atoms with Gasteiger partial charge in [0.25, 0.3) is 0 Å². The lowest BCUT2D eigenvalue weighted by Crippen LogP contribution is -2.52. The van der Waals surface area contributed by atoms with Crippen molar-refractivity contribution >= 4 is 6.29 Å². The first-order chi connectivity index (χ1) is 7.45. The number of hydrogen-bond acceptors (Lipinski definition) is 5. The Kier molecular flexibility index (Phi) is 4.37. The first-order valence-electron chi connectivity index (χ1n) is 5.48. The molecule has 1 aliphatic rings. The summed E-state index contributed by atoms with van der Waals surface area (Å²) >= 11 is 0. The monoisotopic (exact) mass is 229 g/mol. The highest BCUT2D eigenvalue weighted by molar-refractivity contribution is 5.51. The maximum atomic E-state index is 10.8. The van der Waals surface area contributed by atoms with Gasteiger partial charge in [0.2, 0.25) is 5.54 Å². The molecule has 0 saturated carbocycles. The van der Waals surface area contributed by atoms with Crippen LogP contribution in [0, 0.1) is 10.1 Å². The molecule has 0 spiro atoms. The fourth-order valence-corrected chi connectivity index (χ4v) is 1.84. The summed E-state index contributed by atoms with van der Waals surface area (Å²) in [7, 11) is 0. The first kappa shape index (κ1) is 13.1. The molecule has 0 N–H and O–H groups in total. The minimum absolute atomic E-state index is 0.231. The van der Waals surface area contributed by atoms with E-state index in [9.17, 15) is 14.9 Å². The van der Waals surface area contributed by atoms with Gasteiger partial charge >= 0.3 is 0 Å². The van der Waals surface area contributed by atoms with Crippen LogP contribution in [0.5, 0.6) is 0 Å². The predicted molar refractivity (Wildman–Crippen MR) is 60.0 cm³/mol. The molecular weight excluding hydrogens is 210 g/mol. The van der Waals surface area contributed by atoms with Gasteiger partial charge in [-0.2, -0.15) is 0 Å². The number of nitro groups is 1. The number of carbonyl (C=O) groups is 1. The third-order valence-electron chi connectivity index (χ3n) is 2.90. The van der Waals surface area contributed by atoms with Crippen molar-refractivity contribution in [1.29, 1.82) is 0 Å². The molecule has 0 unspecified atom stereocenters. The molecular formula is C10H19N3O3. The van der Waals surface area contributed by atoms with Gasteiger partial charge in [-0.05, 0) is 0 Å². The molecule has 16 heavy (non-hydrogen) atoms. The van der Waals surface area contributed by atoms with Gasteiger partial charge in [0.05, 0.1) is 13.1 Å². The smallest absolute Gasteiger partial charge is 0.229 e. The molecule has 0 aromatic carbocycles. The first-order valence-corrected chi connectivity index (χ1v) is 5.48. The summed E-state index contributed by atoms with van der Waals surface area (Å²) in [6, 6.07) is 0. The maximum absolute atomic E-state index is 10.8. The Morgan fingerprint density at radius 2 is 1.75 bits per heavy atom. The molecule has 1 rings (SSSR count). The summed E-state index contributed by atoms with van der Waals surface area (Å²) in [6.07, 6.45) is 0.899. The Balaban J connectivity index is 2.37. The molecule has 0 bridgehead atoms. The largest absolute Gasteiger partial charge is 0.302 e. The topological polar surface area (TPSA) is 66.7 Å². The van der Waals surface area contributed by atoms with E-state index < -0.39 is 5.54 Å². The van der Waals surface area contributed by atoms with E-state index in [0.717, 1.165) is 32.5 Å². The maximum Gasteiger partial charge on any atom is 0.229 e. The van der Waals surface area contributed by atoms with Crippen LogP contribution in [-0.4, -0.2) is 65.8 Å². The predicted octanol–water partition coefficient (Wildman–Crippen LogP) is -0.142. The molecule has 1 fully saturated rings. The highest BCUT2D eigenvalue weighted by Crippen LogP contribution is 2.12. The van der Waals surface area contributed by atoms with Gasteiger partial charge in [0.15, 0.2) is 0 Å². The molecule has 0 radical (unpaired) electrons. The zero-order chi connectivity index (χ0) is 12.2. The van der Waals surface area contributed by atoms with E-state index in [-0.39, 0.29) is 4.92 Å². The van der Waals surface area contributed by atoms with Crippen molar-refractivity contribution < 1.29 is 9.72 Å². The van der Waals surface area contributed by atoms with E-state index in [4.69, 9.17) is 0 Å². The average Bonchev–Trinajstić information content (AvgIpc) is 2.21. The Morgan fingerprint density at radius 3 is 2.19 bits per heavy atom. The van der Waals surface area contributed by atoms with Gasteiger partial charge in [-0.25, -0.2) is 0 Å². The average molecular weight is 229 g/mol. The van der Waals surface area contributed by atoms with Crippen molar-refractivity contribution in [3.8, 4) is 0 Å². The molecule has 0 aliphatic carbocycles. The third-order valence-corrected chi connectivity index (χ3v) is 2.90. The normalized spacial score (nSPS) is 19.6. The quantitative estimate of drug-likeness (QED) is 0.373. The molecule has 0 aromatic heterocycles. The minimum Gasteiger partial charge on any atom is -0.302 e. The van der Waals surface area contributed by atoms with Gasteiger partial charge in [0, 0.05) is 44.9 Å². The Labute approximate surface area is 95.4 Å². The van der Waals surface area contributed by atoms with Gasteiger partial charge in [-0.3, -0.25) is 19.9 Å². The number of aldehydes is 1. The third kappa shape index (κ3) is 3.53. The van der Waals surface area contributed by atoms with Crippen LogP contribution < -0.4 is 0 Å². The molecule has 1 heterocycles. The second kappa shape index (κ2) is 5.36. The zero-order valence-electron chi connectivity index (χ0n) is 9.89. The summed E-state index contributed by atoms with van der Waals surface area (Å²) in [5, 5.41) is 10.8. The molecule has 6 nitrogen and oxygen atoms in total. The SMILES string of the molecule is CC(C)(CN1CCN(CC=O)CC1)[N+](=O)[O-]. The van der Waals surface area contributed by atoms with E-state index in [1.54, 1.807) is 13.8 Å². The molecule has 1 saturated heterocycles. The molecule has 0 aromatic rings. The van der Waals surface area contributed by atoms with E-state index >= 15 is 0 Å². The number of piperazine rings is 1. The van der Waals surface area contributed by atoms with E-state index in [0.29, 0.717) is 13.1 Å². The number of hydrogen-bond donors (Lipinski definition) is 0. The van der Waals surface area contributed by atoms with Crippen molar-refractivity contribution in [2.45, 2.75) is 19.4 Å². The van der Waals surface area contributed by atoms with Gasteiger partial charge < -0.3 is 4.79 Å². The summed E-state index contributed by atoms with van der Waals surface area (Å²) in [5.41, 5.74) is -0.896. The lowest BCUT2D eigenvalue weighted by molar-refractivity contribution is -0.561. The lowest BCUT2D eigenvalue weighted by atomic mass is 10.1. The summed E-state index contributed by atoms with van der Waals surface area (Å²) in [6.45, 7) is 7.44. The minimum atomic E-state index is -0.896. The summed E-state index contributed by atoms with van der Waals surface area (Å²) in [4.78, 5) is 25.0. The van der Waals surface area contributed by atoms with E-state index in [1.807, 2.05) is 0 Å². The number of nitrogens with zero attached hydrogens (tertiary/aromatic N) is 3. The highest BCUT2D eigenvalue weighted by Gasteiger charge is 2.34. The molecule has 0 atom stereocenters. The second-order valence-electron chi connectivity index (χ2n) is 4.81. The van der Waals surface area contributed by atoms with Crippen molar-refractivity contribution in [2.24, 2.45) is 0 Å². The van der Waals surface area contributed by atoms with Crippen molar-refractivity contribution in [3.05, 3.63) is 10.1 Å². The van der Waals surface area contributed by atoms with Gasteiger partial charge in [-0.1, -0.05) is 0 Å². The standard InChI is InChI=1S/C10H19N3O3/c1-10(2,13(15)16)9-12-5-3-11(4-6-12)7-8-14/h8H,3-7,9H2,1-2H3. The van der Waals surface area contributed by atoms with Gasteiger partial charge in [0.1, 0.15) is 6.29 Å². The van der Waals surface area contributed by atoms with Crippen molar-refractivity contribution in [2.75, 3.05) is 39.3 Å². The molecule has 0 amide bonds. The fourth-order valence-electron chi connectivity index (χ4n) is 1.84. The number of carbonyl (C=O) groups excluding carboxylic acids is 1. The van der Waals surface area contributed by atoms with Crippen LogP contribution >= 0.6 is 0 Å². The van der Waals surface area contributed by atoms with Crippen molar-refractivity contribution in [3.63, 3.8) is 0 Å². The molecule has 92 valence electrons. The van der Waals surface area contributed by atoms with Crippen LogP contribution in [0.25, 0.3) is 0 Å². The Hall–Kier alpha value is -1.01. The summed E-state index contributed by atoms with van der Waals surface area (Å²) < 4.78 is 0. The van der Waals surface area contributed by atoms with Crippen LogP contribution in [0.3, 0.4) is 0 Å². The Morgan fingerprint density at radius 1 is 1.25 bits per heavy atom. The van der Waals surface area contributed by atoms with Crippen LogP contribution in [0.15, 0.2) is 0 Å². The van der Waals surface area contributed by atoms with Crippen LogP contribution in [0.1, 0.15) is 13.8 Å². The second-order valence-corrected chi connectivity index (χ2v) is 4.81. The molecule has 6 heteroatoms. The molecule has 1 aliphatic heterocycles. The highest BCUT2D eigenvalue weighted by atomic mass is 16.6. The summed E-state index contributed by atoms with van der Waals surface area (Å²) in [5.74, 6) is 0. The van der Waals surface area contributed by atoms with Gasteiger partial charge in [-0.15, -0.1) is 0 Å².